The van der Waals surface area contributed by atoms with E-state index >= 15 is 0 Å². The third-order valence-corrected chi connectivity index (χ3v) is 4.02. The maximum atomic E-state index is 11.7. The van der Waals surface area contributed by atoms with E-state index in [4.69, 9.17) is 10.5 Å². The summed E-state index contributed by atoms with van der Waals surface area (Å²) < 4.78 is 4.99. The molecular formula is C15H17NO2S. The maximum absolute atomic E-state index is 11.7. The number of carbonyl (C=O) groups excluding carboxylic acids is 1. The van der Waals surface area contributed by atoms with E-state index in [0.29, 0.717) is 17.2 Å². The van der Waals surface area contributed by atoms with Crippen LogP contribution in [0.3, 0.4) is 0 Å². The standard InChI is InChI=1S/C15H17NO2S/c1-3-10-6-5-7-11(8-10)13-9-12(16)14(19-13)15(17)18-4-2/h5-9H,3-4,16H2,1-2H3. The summed E-state index contributed by atoms with van der Waals surface area (Å²) >= 11 is 1.38. The number of thiophene rings is 1. The molecule has 0 bridgehead atoms. The number of ether oxygens (including phenoxy) is 1. The van der Waals surface area contributed by atoms with Gasteiger partial charge in [0.2, 0.25) is 0 Å². The van der Waals surface area contributed by atoms with Crippen molar-refractivity contribution in [1.82, 2.24) is 0 Å². The third kappa shape index (κ3) is 2.96. The van der Waals surface area contributed by atoms with E-state index in [2.05, 4.69) is 19.1 Å². The van der Waals surface area contributed by atoms with Crippen LogP contribution in [0.2, 0.25) is 0 Å². The summed E-state index contributed by atoms with van der Waals surface area (Å²) in [6.07, 6.45) is 0.986. The minimum absolute atomic E-state index is 0.345. The largest absolute Gasteiger partial charge is 0.462 e. The second-order valence-corrected chi connectivity index (χ2v) is 5.22. The minimum atomic E-state index is -0.345. The molecule has 0 aliphatic heterocycles. The predicted octanol–water partition coefficient (Wildman–Crippen LogP) is 3.74. The quantitative estimate of drug-likeness (QED) is 0.865. The van der Waals surface area contributed by atoms with Gasteiger partial charge in [-0.25, -0.2) is 4.79 Å². The average molecular weight is 275 g/mol. The number of aryl methyl sites for hydroxylation is 1. The molecule has 100 valence electrons. The van der Waals surface area contributed by atoms with E-state index in [1.54, 1.807) is 6.92 Å². The lowest BCUT2D eigenvalue weighted by Gasteiger charge is -2.00. The van der Waals surface area contributed by atoms with Crippen LogP contribution < -0.4 is 5.73 Å². The van der Waals surface area contributed by atoms with E-state index < -0.39 is 0 Å². The van der Waals surface area contributed by atoms with Crippen LogP contribution in [0.1, 0.15) is 29.1 Å². The molecule has 4 heteroatoms. The first kappa shape index (κ1) is 13.6. The number of benzene rings is 1. The predicted molar refractivity (Wildman–Crippen MR) is 79.5 cm³/mol. The van der Waals surface area contributed by atoms with E-state index in [1.165, 1.54) is 16.9 Å². The number of nitrogens with two attached hydrogens (primary N) is 1. The summed E-state index contributed by atoms with van der Waals surface area (Å²) in [5.41, 5.74) is 8.73. The monoisotopic (exact) mass is 275 g/mol. The Morgan fingerprint density at radius 3 is 2.79 bits per heavy atom. The fraction of sp³-hybridized carbons (Fsp3) is 0.267. The molecule has 0 unspecified atom stereocenters. The van der Waals surface area contributed by atoms with Crippen molar-refractivity contribution in [3.8, 4) is 10.4 Å². The average Bonchev–Trinajstić information content (AvgIpc) is 2.81. The van der Waals surface area contributed by atoms with Crippen LogP contribution in [0.5, 0.6) is 0 Å². The highest BCUT2D eigenvalue weighted by atomic mass is 32.1. The Hall–Kier alpha value is -1.81. The summed E-state index contributed by atoms with van der Waals surface area (Å²) in [5, 5.41) is 0. The smallest absolute Gasteiger partial charge is 0.350 e. The number of esters is 1. The molecule has 0 atom stereocenters. The SMILES string of the molecule is CCOC(=O)c1sc(-c2cccc(CC)c2)cc1N. The fourth-order valence-electron chi connectivity index (χ4n) is 1.85. The second kappa shape index (κ2) is 5.89. The molecule has 0 amide bonds. The first-order valence-electron chi connectivity index (χ1n) is 6.31. The van der Waals surface area contributed by atoms with Crippen LogP contribution in [0.4, 0.5) is 5.69 Å². The van der Waals surface area contributed by atoms with E-state index in [-0.39, 0.29) is 5.97 Å². The summed E-state index contributed by atoms with van der Waals surface area (Å²) in [7, 11) is 0. The van der Waals surface area contributed by atoms with E-state index in [1.807, 2.05) is 18.2 Å². The number of rotatable bonds is 4. The Kier molecular flexibility index (Phi) is 4.22. The van der Waals surface area contributed by atoms with Crippen molar-refractivity contribution in [1.29, 1.82) is 0 Å². The van der Waals surface area contributed by atoms with Crippen molar-refractivity contribution in [3.05, 3.63) is 40.8 Å². The molecule has 1 heterocycles. The van der Waals surface area contributed by atoms with E-state index in [9.17, 15) is 4.79 Å². The van der Waals surface area contributed by atoms with Gasteiger partial charge in [-0.3, -0.25) is 0 Å². The number of anilines is 1. The lowest BCUT2D eigenvalue weighted by Crippen LogP contribution is -2.04. The van der Waals surface area contributed by atoms with Gasteiger partial charge < -0.3 is 10.5 Å². The highest BCUT2D eigenvalue weighted by Gasteiger charge is 2.16. The van der Waals surface area contributed by atoms with Crippen molar-refractivity contribution in [2.24, 2.45) is 0 Å². The molecule has 0 radical (unpaired) electrons. The van der Waals surface area contributed by atoms with Gasteiger partial charge in [-0.05, 0) is 30.5 Å². The van der Waals surface area contributed by atoms with Crippen LogP contribution in [0, 0.1) is 0 Å². The van der Waals surface area contributed by atoms with Gasteiger partial charge in [0.15, 0.2) is 0 Å². The van der Waals surface area contributed by atoms with Crippen LogP contribution in [-0.2, 0) is 11.2 Å². The Labute approximate surface area is 117 Å². The van der Waals surface area contributed by atoms with Crippen molar-refractivity contribution in [2.45, 2.75) is 20.3 Å². The van der Waals surface area contributed by atoms with Gasteiger partial charge in [-0.15, -0.1) is 11.3 Å². The molecule has 0 aliphatic carbocycles. The molecule has 0 fully saturated rings. The van der Waals surface area contributed by atoms with Crippen LogP contribution >= 0.6 is 11.3 Å². The number of hydrogen-bond donors (Lipinski definition) is 1. The first-order chi connectivity index (χ1) is 9.15. The topological polar surface area (TPSA) is 52.3 Å². The number of nitrogen functional groups attached to an aromatic ring is 1. The summed E-state index contributed by atoms with van der Waals surface area (Å²) in [6, 6.07) is 10.1. The zero-order valence-corrected chi connectivity index (χ0v) is 11.9. The molecule has 19 heavy (non-hydrogen) atoms. The van der Waals surface area contributed by atoms with Crippen LogP contribution in [-0.4, -0.2) is 12.6 Å². The molecule has 2 aromatic rings. The highest BCUT2D eigenvalue weighted by molar-refractivity contribution is 7.18. The van der Waals surface area contributed by atoms with Crippen LogP contribution in [0.15, 0.2) is 30.3 Å². The number of carbonyl (C=O) groups is 1. The Morgan fingerprint density at radius 1 is 1.32 bits per heavy atom. The Balaban J connectivity index is 2.36. The zero-order chi connectivity index (χ0) is 13.8. The van der Waals surface area contributed by atoms with Crippen molar-refractivity contribution in [2.75, 3.05) is 12.3 Å². The van der Waals surface area contributed by atoms with Crippen molar-refractivity contribution >= 4 is 23.0 Å². The third-order valence-electron chi connectivity index (χ3n) is 2.84. The molecule has 2 rings (SSSR count). The molecular weight excluding hydrogens is 258 g/mol. The van der Waals surface area contributed by atoms with E-state index in [0.717, 1.165) is 16.9 Å². The Morgan fingerprint density at radius 2 is 2.11 bits per heavy atom. The first-order valence-corrected chi connectivity index (χ1v) is 7.13. The summed E-state index contributed by atoms with van der Waals surface area (Å²) in [4.78, 5) is 13.2. The number of hydrogen-bond acceptors (Lipinski definition) is 4. The minimum Gasteiger partial charge on any atom is -0.462 e. The van der Waals surface area contributed by atoms with Gasteiger partial charge in [-0.1, -0.05) is 31.2 Å². The van der Waals surface area contributed by atoms with Gasteiger partial charge in [0.25, 0.3) is 0 Å². The molecule has 3 nitrogen and oxygen atoms in total. The molecule has 0 saturated carbocycles. The Bertz CT molecular complexity index is 590. The lowest BCUT2D eigenvalue weighted by molar-refractivity contribution is 0.0533. The molecule has 2 N–H and O–H groups in total. The molecule has 1 aromatic heterocycles. The molecule has 1 aromatic carbocycles. The highest BCUT2D eigenvalue weighted by Crippen LogP contribution is 2.34. The zero-order valence-electron chi connectivity index (χ0n) is 11.1. The molecule has 0 saturated heterocycles. The fourth-order valence-corrected chi connectivity index (χ4v) is 2.82. The molecule has 0 aliphatic rings. The normalized spacial score (nSPS) is 10.4. The van der Waals surface area contributed by atoms with Gasteiger partial charge in [0.1, 0.15) is 4.88 Å². The van der Waals surface area contributed by atoms with Crippen molar-refractivity contribution in [3.63, 3.8) is 0 Å². The van der Waals surface area contributed by atoms with Gasteiger partial charge in [0.05, 0.1) is 12.3 Å². The lowest BCUT2D eigenvalue weighted by atomic mass is 10.1. The van der Waals surface area contributed by atoms with Crippen LogP contribution in [0.25, 0.3) is 10.4 Å². The van der Waals surface area contributed by atoms with Gasteiger partial charge >= 0.3 is 5.97 Å². The van der Waals surface area contributed by atoms with Gasteiger partial charge in [0, 0.05) is 4.88 Å². The van der Waals surface area contributed by atoms with Crippen molar-refractivity contribution < 1.29 is 9.53 Å². The van der Waals surface area contributed by atoms with Gasteiger partial charge in [-0.2, -0.15) is 0 Å². The maximum Gasteiger partial charge on any atom is 0.350 e. The summed E-state index contributed by atoms with van der Waals surface area (Å²) in [6.45, 7) is 4.26. The summed E-state index contributed by atoms with van der Waals surface area (Å²) in [5.74, 6) is -0.345. The second-order valence-electron chi connectivity index (χ2n) is 4.17. The molecule has 0 spiro atoms.